The predicted octanol–water partition coefficient (Wildman–Crippen LogP) is 3.39. The first kappa shape index (κ1) is 19.3. The van der Waals surface area contributed by atoms with Crippen molar-refractivity contribution in [1.29, 1.82) is 0 Å². The van der Waals surface area contributed by atoms with E-state index in [0.29, 0.717) is 16.8 Å². The van der Waals surface area contributed by atoms with E-state index in [1.165, 1.54) is 6.20 Å². The van der Waals surface area contributed by atoms with Gasteiger partial charge in [-0.1, -0.05) is 60.0 Å². The fraction of sp³-hybridized carbons (Fsp3) is 0.0909. The number of hydrogen-bond donors (Lipinski definition) is 2. The number of aromatic nitrogens is 2. The summed E-state index contributed by atoms with van der Waals surface area (Å²) in [5, 5.41) is 0. The van der Waals surface area contributed by atoms with E-state index in [1.54, 1.807) is 18.2 Å². The molecule has 0 saturated heterocycles. The number of alkyl halides is 3. The predicted molar refractivity (Wildman–Crippen MR) is 97.4 cm³/mol. The van der Waals surface area contributed by atoms with Crippen molar-refractivity contribution in [3.8, 4) is 11.4 Å². The summed E-state index contributed by atoms with van der Waals surface area (Å²) in [7, 11) is 0. The fourth-order valence-corrected chi connectivity index (χ4v) is 2.31. The maximum atomic E-state index is 5.99. The maximum absolute atomic E-state index is 5.99. The molecule has 0 atom stereocenters. The number of halogens is 4. The van der Waals surface area contributed by atoms with Crippen LogP contribution in [0, 0.1) is 0 Å². The zero-order valence-electron chi connectivity index (χ0n) is 10.7. The average molecular weight is 417 g/mol. The van der Waals surface area contributed by atoms with Crippen LogP contribution in [0.4, 0.5) is 17.2 Å². The summed E-state index contributed by atoms with van der Waals surface area (Å²) in [5.41, 5.74) is 12.9. The molecule has 4 N–H and O–H groups in total. The first-order valence-electron chi connectivity index (χ1n) is 5.44. The van der Waals surface area contributed by atoms with E-state index in [4.69, 9.17) is 71.5 Å². The van der Waals surface area contributed by atoms with E-state index in [9.17, 15) is 0 Å². The van der Waals surface area contributed by atoms with E-state index in [0.717, 1.165) is 3.35 Å². The zero-order chi connectivity index (χ0) is 15.8. The lowest BCUT2D eigenvalue weighted by molar-refractivity contribution is -0.197. The van der Waals surface area contributed by atoms with Crippen molar-refractivity contribution in [1.82, 2.24) is 9.97 Å². The summed E-state index contributed by atoms with van der Waals surface area (Å²) in [6.07, 6.45) is 1.39. The Morgan fingerprint density at radius 3 is 2.36 bits per heavy atom. The third-order valence-electron chi connectivity index (χ3n) is 2.61. The van der Waals surface area contributed by atoms with Gasteiger partial charge in [-0.15, -0.1) is 12.4 Å². The molecule has 11 heteroatoms. The summed E-state index contributed by atoms with van der Waals surface area (Å²) in [4.78, 5) is 8.19. The standard InChI is InChI=1S/C11H8Cl3N5S2.ClH/c12-11(13,14)7-3-5(19(20)21)1-2-6(7)10-17-4-8(15)9(16)18-10;/h1-4H,15H2,(H2,16,17,18);1H. The van der Waals surface area contributed by atoms with Gasteiger partial charge in [0, 0.05) is 23.3 Å². The molecule has 0 unspecified atom stereocenters. The van der Waals surface area contributed by atoms with Gasteiger partial charge in [0.05, 0.1) is 11.9 Å². The van der Waals surface area contributed by atoms with Gasteiger partial charge in [0.25, 0.3) is 0 Å². The van der Waals surface area contributed by atoms with Gasteiger partial charge in [0.15, 0.2) is 11.6 Å². The van der Waals surface area contributed by atoms with Gasteiger partial charge in [-0.2, -0.15) is 0 Å². The maximum Gasteiger partial charge on any atom is 0.216 e. The molecular formula is C11H9Cl4N5S2. The minimum atomic E-state index is -1.70. The van der Waals surface area contributed by atoms with E-state index in [-0.39, 0.29) is 29.7 Å². The highest BCUT2D eigenvalue weighted by Gasteiger charge is 2.29. The van der Waals surface area contributed by atoms with Crippen LogP contribution in [0.5, 0.6) is 0 Å². The van der Waals surface area contributed by atoms with Crippen LogP contribution in [-0.4, -0.2) is 13.3 Å². The molecule has 2 rings (SSSR count). The molecule has 0 aliphatic rings. The summed E-state index contributed by atoms with van der Waals surface area (Å²) >= 11 is 27.7. The molecule has 0 aliphatic heterocycles. The highest BCUT2D eigenvalue weighted by atomic mass is 35.6. The molecule has 0 radical (unpaired) electrons. The SMILES string of the molecule is Cl.Nc1cnc(-c2ccc([N+](=S)[S-])cc2C(Cl)(Cl)Cl)nc1N. The molecule has 0 saturated carbocycles. The Morgan fingerprint density at radius 2 is 1.86 bits per heavy atom. The van der Waals surface area contributed by atoms with Crippen molar-refractivity contribution >= 4 is 89.6 Å². The Morgan fingerprint density at radius 1 is 1.23 bits per heavy atom. The Hall–Kier alpha value is -0.700. The van der Waals surface area contributed by atoms with Crippen LogP contribution in [0.1, 0.15) is 5.56 Å². The number of nitrogen functional groups attached to an aromatic ring is 2. The number of rotatable bonds is 2. The number of hydrogen-bond acceptors (Lipinski definition) is 6. The fourth-order valence-electron chi connectivity index (χ4n) is 1.61. The highest BCUT2D eigenvalue weighted by molar-refractivity contribution is 7.58. The van der Waals surface area contributed by atoms with Crippen molar-refractivity contribution < 1.29 is 3.35 Å². The van der Waals surface area contributed by atoms with Crippen molar-refractivity contribution in [2.45, 2.75) is 3.79 Å². The minimum absolute atomic E-state index is 0. The molecule has 22 heavy (non-hydrogen) atoms. The number of nitrogens with zero attached hydrogens (tertiary/aromatic N) is 3. The first-order chi connectivity index (χ1) is 9.70. The van der Waals surface area contributed by atoms with Crippen LogP contribution >= 0.6 is 47.2 Å². The quantitative estimate of drug-likeness (QED) is 0.443. The molecule has 2 aromatic rings. The summed E-state index contributed by atoms with van der Waals surface area (Å²) < 4.78 is -0.632. The Balaban J connectivity index is 0.00000242. The summed E-state index contributed by atoms with van der Waals surface area (Å²) in [6, 6.07) is 4.90. The third-order valence-corrected chi connectivity index (χ3v) is 3.64. The second kappa shape index (κ2) is 7.25. The molecule has 1 aromatic heterocycles. The molecule has 1 aromatic carbocycles. The Kier molecular flexibility index (Phi) is 6.37. The normalized spacial score (nSPS) is 10.9. The first-order valence-corrected chi connectivity index (χ1v) is 7.30. The lowest BCUT2D eigenvalue weighted by atomic mass is 10.1. The van der Waals surface area contributed by atoms with Gasteiger partial charge in [-0.05, 0) is 6.07 Å². The van der Waals surface area contributed by atoms with Crippen LogP contribution in [0.3, 0.4) is 0 Å². The number of benzene rings is 1. The van der Waals surface area contributed by atoms with Crippen LogP contribution in [0.15, 0.2) is 24.4 Å². The van der Waals surface area contributed by atoms with Crippen LogP contribution in [0.2, 0.25) is 0 Å². The molecule has 5 nitrogen and oxygen atoms in total. The van der Waals surface area contributed by atoms with E-state index in [1.807, 2.05) is 0 Å². The largest absolute Gasteiger partial charge is 0.394 e. The van der Waals surface area contributed by atoms with Gasteiger partial charge in [0.2, 0.25) is 9.48 Å². The second-order valence-electron chi connectivity index (χ2n) is 4.02. The average Bonchev–Trinajstić information content (AvgIpc) is 2.40. The molecule has 0 spiro atoms. The van der Waals surface area contributed by atoms with Crippen molar-refractivity contribution in [3.63, 3.8) is 0 Å². The van der Waals surface area contributed by atoms with Gasteiger partial charge in [-0.25, -0.2) is 13.3 Å². The van der Waals surface area contributed by atoms with Crippen LogP contribution in [0.25, 0.3) is 11.4 Å². The van der Waals surface area contributed by atoms with Gasteiger partial charge < -0.3 is 11.5 Å². The smallest absolute Gasteiger partial charge is 0.216 e. The van der Waals surface area contributed by atoms with Crippen molar-refractivity contribution in [3.05, 3.63) is 30.0 Å². The Labute approximate surface area is 159 Å². The molecule has 0 fully saturated rings. The van der Waals surface area contributed by atoms with Gasteiger partial charge in [0.1, 0.15) is 0 Å². The van der Waals surface area contributed by atoms with E-state index >= 15 is 0 Å². The molecular weight excluding hydrogens is 408 g/mol. The Bertz CT molecular complexity index is 720. The molecule has 0 bridgehead atoms. The molecule has 0 aliphatic carbocycles. The molecule has 0 amide bonds. The third kappa shape index (κ3) is 4.18. The zero-order valence-corrected chi connectivity index (χ0v) is 15.4. The minimum Gasteiger partial charge on any atom is -0.394 e. The van der Waals surface area contributed by atoms with Crippen molar-refractivity contribution in [2.24, 2.45) is 0 Å². The lowest BCUT2D eigenvalue weighted by Crippen LogP contribution is -2.07. The molecule has 1 heterocycles. The van der Waals surface area contributed by atoms with Crippen molar-refractivity contribution in [2.75, 3.05) is 11.5 Å². The number of nitrogens with two attached hydrogens (primary N) is 2. The summed E-state index contributed by atoms with van der Waals surface area (Å²) in [6.45, 7) is 0. The molecule has 118 valence electrons. The van der Waals surface area contributed by atoms with Gasteiger partial charge >= 0.3 is 0 Å². The highest BCUT2D eigenvalue weighted by Crippen LogP contribution is 2.44. The number of anilines is 2. The van der Waals surface area contributed by atoms with Gasteiger partial charge in [-0.3, -0.25) is 0 Å². The second-order valence-corrected chi connectivity index (χ2v) is 7.26. The topological polar surface area (TPSA) is 80.8 Å². The monoisotopic (exact) mass is 415 g/mol. The van der Waals surface area contributed by atoms with E-state index < -0.39 is 3.79 Å². The summed E-state index contributed by atoms with van der Waals surface area (Å²) in [5.74, 6) is 0.433. The van der Waals surface area contributed by atoms with E-state index in [2.05, 4.69) is 9.97 Å². The van der Waals surface area contributed by atoms with Crippen LogP contribution in [-0.2, 0) is 29.0 Å². The van der Waals surface area contributed by atoms with Crippen LogP contribution < -0.4 is 11.5 Å². The lowest BCUT2D eigenvalue weighted by Gasteiger charge is -2.16.